The fourth-order valence-electron chi connectivity index (χ4n) is 1.23. The van der Waals surface area contributed by atoms with Gasteiger partial charge >= 0.3 is 11.8 Å². The monoisotopic (exact) mass is 314 g/mol. The lowest BCUT2D eigenvalue weighted by molar-refractivity contribution is -0.136. The number of halogens is 1. The Morgan fingerprint density at radius 3 is 2.61 bits per heavy atom. The molecule has 0 heterocycles. The Hall–Kier alpha value is -1.40. The third-order valence-electron chi connectivity index (χ3n) is 2.18. The van der Waals surface area contributed by atoms with Crippen LogP contribution < -0.4 is 10.6 Å². The number of benzene rings is 1. The van der Waals surface area contributed by atoms with Crippen molar-refractivity contribution in [1.82, 2.24) is 5.32 Å². The quantitative estimate of drug-likeness (QED) is 0.733. The predicted molar refractivity (Wildman–Crippen MR) is 72.2 cm³/mol. The highest BCUT2D eigenvalue weighted by Crippen LogP contribution is 2.19. The highest BCUT2D eigenvalue weighted by Gasteiger charge is 2.14. The van der Waals surface area contributed by atoms with E-state index >= 15 is 0 Å². The lowest BCUT2D eigenvalue weighted by Crippen LogP contribution is -2.38. The molecule has 0 aromatic heterocycles. The van der Waals surface area contributed by atoms with Gasteiger partial charge < -0.3 is 15.7 Å². The van der Waals surface area contributed by atoms with Crippen molar-refractivity contribution in [2.45, 2.75) is 20.0 Å². The Bertz CT molecular complexity index is 461. The van der Waals surface area contributed by atoms with Gasteiger partial charge in [0.05, 0.1) is 6.10 Å². The number of rotatable bonds is 3. The average molecular weight is 315 g/mol. The minimum Gasteiger partial charge on any atom is -0.392 e. The summed E-state index contributed by atoms with van der Waals surface area (Å²) in [6.45, 7) is 3.45. The van der Waals surface area contributed by atoms with E-state index in [9.17, 15) is 9.59 Å². The van der Waals surface area contributed by atoms with Crippen LogP contribution in [0, 0.1) is 6.92 Å². The van der Waals surface area contributed by atoms with Gasteiger partial charge in [0.25, 0.3) is 0 Å². The molecule has 98 valence electrons. The molecule has 6 heteroatoms. The molecule has 0 fully saturated rings. The summed E-state index contributed by atoms with van der Waals surface area (Å²) in [5.41, 5.74) is 1.50. The van der Waals surface area contributed by atoms with Crippen LogP contribution in [0.25, 0.3) is 0 Å². The molecule has 0 bridgehead atoms. The van der Waals surface area contributed by atoms with Crippen molar-refractivity contribution in [3.63, 3.8) is 0 Å². The second kappa shape index (κ2) is 6.51. The zero-order valence-corrected chi connectivity index (χ0v) is 11.7. The third-order valence-corrected chi connectivity index (χ3v) is 3.07. The highest BCUT2D eigenvalue weighted by atomic mass is 79.9. The van der Waals surface area contributed by atoms with Gasteiger partial charge in [-0.25, -0.2) is 0 Å². The van der Waals surface area contributed by atoms with Gasteiger partial charge in [0.15, 0.2) is 0 Å². The largest absolute Gasteiger partial charge is 0.392 e. The molecule has 0 aliphatic rings. The van der Waals surface area contributed by atoms with Crippen molar-refractivity contribution in [3.05, 3.63) is 28.2 Å². The number of hydrogen-bond acceptors (Lipinski definition) is 3. The molecule has 2 amide bonds. The van der Waals surface area contributed by atoms with Gasteiger partial charge in [-0.3, -0.25) is 9.59 Å². The van der Waals surface area contributed by atoms with E-state index < -0.39 is 17.9 Å². The minimum absolute atomic E-state index is 0.0472. The van der Waals surface area contributed by atoms with Gasteiger partial charge in [-0.2, -0.15) is 0 Å². The topological polar surface area (TPSA) is 78.4 Å². The van der Waals surface area contributed by atoms with Crippen LogP contribution in [0.4, 0.5) is 5.69 Å². The number of aryl methyl sites for hydroxylation is 1. The number of aliphatic hydroxyl groups excluding tert-OH is 1. The molecule has 0 aliphatic carbocycles. The molecule has 18 heavy (non-hydrogen) atoms. The molecule has 0 saturated carbocycles. The van der Waals surface area contributed by atoms with Crippen molar-refractivity contribution in [2.75, 3.05) is 11.9 Å². The maximum absolute atomic E-state index is 11.5. The first-order valence-electron chi connectivity index (χ1n) is 5.43. The first-order chi connectivity index (χ1) is 8.40. The number of amides is 2. The maximum atomic E-state index is 11.5. The molecule has 1 atom stereocenters. The fourth-order valence-corrected chi connectivity index (χ4v) is 1.48. The Kier molecular flexibility index (Phi) is 5.30. The molecule has 0 unspecified atom stereocenters. The number of aliphatic hydroxyl groups is 1. The van der Waals surface area contributed by atoms with E-state index in [4.69, 9.17) is 5.11 Å². The van der Waals surface area contributed by atoms with Crippen molar-refractivity contribution >= 4 is 33.4 Å². The normalized spacial score (nSPS) is 11.8. The Morgan fingerprint density at radius 2 is 2.06 bits per heavy atom. The van der Waals surface area contributed by atoms with Crippen LogP contribution in [-0.4, -0.2) is 29.6 Å². The third kappa shape index (κ3) is 4.46. The SMILES string of the molecule is Cc1cc(NC(=O)C(=O)NC[C@H](C)O)ccc1Br. The van der Waals surface area contributed by atoms with Crippen LogP contribution in [0.2, 0.25) is 0 Å². The van der Waals surface area contributed by atoms with Gasteiger partial charge in [-0.1, -0.05) is 15.9 Å². The first-order valence-corrected chi connectivity index (χ1v) is 6.23. The molecular weight excluding hydrogens is 300 g/mol. The van der Waals surface area contributed by atoms with E-state index in [1.807, 2.05) is 6.92 Å². The van der Waals surface area contributed by atoms with E-state index in [-0.39, 0.29) is 6.54 Å². The van der Waals surface area contributed by atoms with Crippen molar-refractivity contribution in [2.24, 2.45) is 0 Å². The molecule has 1 rings (SSSR count). The lowest BCUT2D eigenvalue weighted by Gasteiger charge is -2.08. The van der Waals surface area contributed by atoms with E-state index in [2.05, 4.69) is 26.6 Å². The molecule has 1 aromatic rings. The number of anilines is 1. The van der Waals surface area contributed by atoms with Crippen molar-refractivity contribution in [3.8, 4) is 0 Å². The number of hydrogen-bond donors (Lipinski definition) is 3. The summed E-state index contributed by atoms with van der Waals surface area (Å²) in [6, 6.07) is 5.24. The van der Waals surface area contributed by atoms with Gasteiger partial charge in [0.1, 0.15) is 0 Å². The van der Waals surface area contributed by atoms with Crippen LogP contribution in [0.15, 0.2) is 22.7 Å². The predicted octanol–water partition coefficient (Wildman–Crippen LogP) is 1.19. The number of carbonyl (C=O) groups excluding carboxylic acids is 2. The Morgan fingerprint density at radius 1 is 1.39 bits per heavy atom. The number of carbonyl (C=O) groups is 2. The highest BCUT2D eigenvalue weighted by molar-refractivity contribution is 9.10. The van der Waals surface area contributed by atoms with E-state index in [0.717, 1.165) is 10.0 Å². The first kappa shape index (κ1) is 14.7. The second-order valence-electron chi connectivity index (χ2n) is 3.98. The lowest BCUT2D eigenvalue weighted by atomic mass is 10.2. The average Bonchev–Trinajstić information content (AvgIpc) is 2.30. The Balaban J connectivity index is 2.58. The summed E-state index contributed by atoms with van der Waals surface area (Å²) in [6.07, 6.45) is -0.684. The summed E-state index contributed by atoms with van der Waals surface area (Å²) in [4.78, 5) is 22.9. The van der Waals surface area contributed by atoms with Crippen LogP contribution in [-0.2, 0) is 9.59 Å². The molecule has 3 N–H and O–H groups in total. The molecule has 0 spiro atoms. The maximum Gasteiger partial charge on any atom is 0.313 e. The summed E-state index contributed by atoms with van der Waals surface area (Å²) < 4.78 is 0.930. The van der Waals surface area contributed by atoms with Crippen molar-refractivity contribution in [1.29, 1.82) is 0 Å². The van der Waals surface area contributed by atoms with E-state index in [1.165, 1.54) is 6.92 Å². The van der Waals surface area contributed by atoms with Crippen LogP contribution >= 0.6 is 15.9 Å². The van der Waals surface area contributed by atoms with Crippen molar-refractivity contribution < 1.29 is 14.7 Å². The Labute approximate surface area is 114 Å². The molecule has 5 nitrogen and oxygen atoms in total. The van der Waals surface area contributed by atoms with E-state index in [0.29, 0.717) is 5.69 Å². The van der Waals surface area contributed by atoms with Gasteiger partial charge in [-0.15, -0.1) is 0 Å². The summed E-state index contributed by atoms with van der Waals surface area (Å²) in [5, 5.41) is 13.8. The number of nitrogens with one attached hydrogen (secondary N) is 2. The molecule has 1 aromatic carbocycles. The second-order valence-corrected chi connectivity index (χ2v) is 4.83. The smallest absolute Gasteiger partial charge is 0.313 e. The van der Waals surface area contributed by atoms with E-state index in [1.54, 1.807) is 18.2 Å². The molecule has 0 radical (unpaired) electrons. The fraction of sp³-hybridized carbons (Fsp3) is 0.333. The van der Waals surface area contributed by atoms with Crippen LogP contribution in [0.3, 0.4) is 0 Å². The van der Waals surface area contributed by atoms with Crippen LogP contribution in [0.1, 0.15) is 12.5 Å². The molecule has 0 saturated heterocycles. The summed E-state index contributed by atoms with van der Waals surface area (Å²) >= 11 is 3.35. The zero-order valence-electron chi connectivity index (χ0n) is 10.2. The minimum atomic E-state index is -0.767. The summed E-state index contributed by atoms with van der Waals surface area (Å²) in [7, 11) is 0. The van der Waals surface area contributed by atoms with Gasteiger partial charge in [0.2, 0.25) is 0 Å². The molecule has 0 aliphatic heterocycles. The zero-order chi connectivity index (χ0) is 13.7. The summed E-state index contributed by atoms with van der Waals surface area (Å²) in [5.74, 6) is -1.52. The standard InChI is InChI=1S/C12H15BrN2O3/c1-7-5-9(3-4-10(7)13)15-12(18)11(17)14-6-8(2)16/h3-5,8,16H,6H2,1-2H3,(H,14,17)(H,15,18)/t8-/m0/s1. The molecular formula is C12H15BrN2O3. The van der Waals surface area contributed by atoms with Gasteiger partial charge in [0, 0.05) is 16.7 Å². The van der Waals surface area contributed by atoms with Crippen LogP contribution in [0.5, 0.6) is 0 Å². The van der Waals surface area contributed by atoms with Gasteiger partial charge in [-0.05, 0) is 37.6 Å².